The molecular weight excluding hydrogens is 270 g/mol. The minimum Gasteiger partial charge on any atom is -0.468 e. The minimum atomic E-state index is -0.310. The highest BCUT2D eigenvalue weighted by Gasteiger charge is 2.24. The number of benzene rings is 1. The molecule has 3 nitrogen and oxygen atoms in total. The Balaban J connectivity index is 2.17. The number of rotatable bonds is 3. The molecule has 5 heteroatoms. The van der Waals surface area contributed by atoms with E-state index in [0.717, 1.165) is 17.2 Å². The van der Waals surface area contributed by atoms with Gasteiger partial charge < -0.3 is 4.74 Å². The van der Waals surface area contributed by atoms with Crippen LogP contribution >= 0.6 is 23.4 Å². The van der Waals surface area contributed by atoms with E-state index in [9.17, 15) is 4.79 Å². The molecule has 0 bridgehead atoms. The summed E-state index contributed by atoms with van der Waals surface area (Å²) in [7, 11) is 1.40. The first kappa shape index (κ1) is 13.7. The van der Waals surface area contributed by atoms with Crippen LogP contribution in [0.3, 0.4) is 0 Å². The van der Waals surface area contributed by atoms with Gasteiger partial charge >= 0.3 is 5.97 Å². The summed E-state index contributed by atoms with van der Waals surface area (Å²) in [5.41, 5.74) is 1.18. The molecule has 98 valence electrons. The largest absolute Gasteiger partial charge is 0.468 e. The maximum Gasteiger partial charge on any atom is 0.322 e. The number of esters is 1. The molecular formula is C13H16ClNO2S. The third-order valence-corrected chi connectivity index (χ3v) is 4.37. The number of nitrogens with one attached hydrogen (secondary N) is 1. The van der Waals surface area contributed by atoms with Crippen molar-refractivity contribution < 1.29 is 9.53 Å². The summed E-state index contributed by atoms with van der Waals surface area (Å²) in [6.07, 6.45) is 0.985. The number of hydrogen-bond acceptors (Lipinski definition) is 4. The summed E-state index contributed by atoms with van der Waals surface area (Å²) in [5, 5.41) is 4.04. The van der Waals surface area contributed by atoms with E-state index in [2.05, 4.69) is 5.32 Å². The van der Waals surface area contributed by atoms with Crippen LogP contribution in [0.15, 0.2) is 23.1 Å². The van der Waals surface area contributed by atoms with Gasteiger partial charge in [0, 0.05) is 16.0 Å². The normalized spacial score (nSPS) is 20.1. The Hall–Kier alpha value is -0.710. The lowest BCUT2D eigenvalue weighted by Gasteiger charge is -2.28. The number of halogens is 1. The molecule has 2 rings (SSSR count). The third-order valence-electron chi connectivity index (χ3n) is 3.02. The first-order valence-corrected chi connectivity index (χ1v) is 7.24. The van der Waals surface area contributed by atoms with Gasteiger partial charge in [0.1, 0.15) is 6.04 Å². The monoisotopic (exact) mass is 285 g/mol. The van der Waals surface area contributed by atoms with E-state index in [4.69, 9.17) is 16.3 Å². The van der Waals surface area contributed by atoms with Crippen LogP contribution in [0.4, 0.5) is 0 Å². The van der Waals surface area contributed by atoms with Crippen LogP contribution in [-0.4, -0.2) is 24.9 Å². The molecule has 1 aliphatic heterocycles. The fraction of sp³-hybridized carbons (Fsp3) is 0.462. The van der Waals surface area contributed by atoms with E-state index < -0.39 is 0 Å². The van der Waals surface area contributed by atoms with E-state index in [0.29, 0.717) is 0 Å². The first-order chi connectivity index (χ1) is 8.61. The van der Waals surface area contributed by atoms with Crippen molar-refractivity contribution in [3.8, 4) is 0 Å². The molecule has 0 fully saturated rings. The second-order valence-corrected chi connectivity index (χ2v) is 5.86. The molecule has 1 unspecified atom stereocenters. The van der Waals surface area contributed by atoms with Gasteiger partial charge in [0.05, 0.1) is 7.11 Å². The van der Waals surface area contributed by atoms with Crippen molar-refractivity contribution in [3.63, 3.8) is 0 Å². The van der Waals surface area contributed by atoms with E-state index in [-0.39, 0.29) is 18.1 Å². The van der Waals surface area contributed by atoms with Gasteiger partial charge in [-0.3, -0.25) is 10.1 Å². The zero-order valence-corrected chi connectivity index (χ0v) is 12.0. The quantitative estimate of drug-likeness (QED) is 0.867. The van der Waals surface area contributed by atoms with Crippen molar-refractivity contribution in [1.29, 1.82) is 0 Å². The Bertz CT molecular complexity index is 453. The molecule has 1 aromatic carbocycles. The lowest BCUT2D eigenvalue weighted by molar-refractivity contribution is -0.142. The molecule has 0 radical (unpaired) electrons. The van der Waals surface area contributed by atoms with Crippen molar-refractivity contribution in [2.24, 2.45) is 0 Å². The van der Waals surface area contributed by atoms with E-state index in [1.54, 1.807) is 0 Å². The van der Waals surface area contributed by atoms with Gasteiger partial charge in [-0.15, -0.1) is 11.8 Å². The molecule has 0 amide bonds. The highest BCUT2D eigenvalue weighted by Crippen LogP contribution is 2.37. The van der Waals surface area contributed by atoms with E-state index in [1.165, 1.54) is 17.6 Å². The second kappa shape index (κ2) is 5.95. The standard InChI is InChI=1S/C13H16ClNO2S/c1-8(13(16)17-2)15-11-5-6-18-12-4-3-9(14)7-10(11)12/h3-4,7-8,11,15H,5-6H2,1-2H3/t8-,11?/m0/s1. The lowest BCUT2D eigenvalue weighted by atomic mass is 10.0. The summed E-state index contributed by atoms with van der Waals surface area (Å²) in [6.45, 7) is 1.82. The summed E-state index contributed by atoms with van der Waals surface area (Å²) in [5.74, 6) is 0.803. The van der Waals surface area contributed by atoms with Crippen LogP contribution < -0.4 is 5.32 Å². The number of fused-ring (bicyclic) bond motifs is 1. The summed E-state index contributed by atoms with van der Waals surface area (Å²) in [6, 6.07) is 5.77. The molecule has 0 spiro atoms. The Labute approximate surface area is 116 Å². The van der Waals surface area contributed by atoms with Gasteiger partial charge in [0.15, 0.2) is 0 Å². The molecule has 1 aliphatic rings. The third kappa shape index (κ3) is 2.99. The van der Waals surface area contributed by atoms with Crippen LogP contribution in [0.5, 0.6) is 0 Å². The molecule has 0 aliphatic carbocycles. The van der Waals surface area contributed by atoms with Crippen LogP contribution in [-0.2, 0) is 9.53 Å². The summed E-state index contributed by atoms with van der Waals surface area (Å²) >= 11 is 7.87. The first-order valence-electron chi connectivity index (χ1n) is 5.88. The van der Waals surface area contributed by atoms with Crippen LogP contribution in [0, 0.1) is 0 Å². The molecule has 1 heterocycles. The van der Waals surface area contributed by atoms with Gasteiger partial charge in [0.2, 0.25) is 0 Å². The van der Waals surface area contributed by atoms with E-state index >= 15 is 0 Å². The van der Waals surface area contributed by atoms with Crippen molar-refractivity contribution in [2.45, 2.75) is 30.3 Å². The van der Waals surface area contributed by atoms with Gasteiger partial charge in [0.25, 0.3) is 0 Å². The van der Waals surface area contributed by atoms with Crippen molar-refractivity contribution in [1.82, 2.24) is 5.32 Å². The molecule has 0 saturated heterocycles. The molecule has 2 atom stereocenters. The highest BCUT2D eigenvalue weighted by molar-refractivity contribution is 7.99. The maximum absolute atomic E-state index is 11.4. The Morgan fingerprint density at radius 1 is 1.61 bits per heavy atom. The highest BCUT2D eigenvalue weighted by atomic mass is 35.5. The number of ether oxygens (including phenoxy) is 1. The molecule has 0 saturated carbocycles. The van der Waals surface area contributed by atoms with Crippen LogP contribution in [0.25, 0.3) is 0 Å². The van der Waals surface area contributed by atoms with E-state index in [1.807, 2.05) is 36.9 Å². The SMILES string of the molecule is COC(=O)[C@H](C)NC1CCSc2ccc(Cl)cc21. The predicted molar refractivity (Wildman–Crippen MR) is 74.1 cm³/mol. The smallest absolute Gasteiger partial charge is 0.322 e. The predicted octanol–water partition coefficient (Wildman–Crippen LogP) is 3.03. The fourth-order valence-corrected chi connectivity index (χ4v) is 3.37. The Morgan fingerprint density at radius 2 is 2.39 bits per heavy atom. The van der Waals surface area contributed by atoms with Gasteiger partial charge in [-0.25, -0.2) is 0 Å². The molecule has 18 heavy (non-hydrogen) atoms. The Kier molecular flexibility index (Phi) is 4.54. The zero-order valence-electron chi connectivity index (χ0n) is 10.4. The number of carbonyl (C=O) groups is 1. The number of thioether (sulfide) groups is 1. The van der Waals surface area contributed by atoms with Gasteiger partial charge in [-0.1, -0.05) is 11.6 Å². The van der Waals surface area contributed by atoms with Gasteiger partial charge in [-0.05, 0) is 42.9 Å². The number of carbonyl (C=O) groups excluding carboxylic acids is 1. The van der Waals surface area contributed by atoms with Crippen molar-refractivity contribution >= 4 is 29.3 Å². The number of methoxy groups -OCH3 is 1. The Morgan fingerprint density at radius 3 is 3.11 bits per heavy atom. The van der Waals surface area contributed by atoms with Gasteiger partial charge in [-0.2, -0.15) is 0 Å². The fourth-order valence-electron chi connectivity index (χ4n) is 2.09. The average molecular weight is 286 g/mol. The van der Waals surface area contributed by atoms with Crippen LogP contribution in [0.2, 0.25) is 5.02 Å². The summed E-state index contributed by atoms with van der Waals surface area (Å²) < 4.78 is 4.73. The van der Waals surface area contributed by atoms with Crippen molar-refractivity contribution in [2.75, 3.05) is 12.9 Å². The zero-order chi connectivity index (χ0) is 13.1. The topological polar surface area (TPSA) is 38.3 Å². The molecule has 1 N–H and O–H groups in total. The summed E-state index contributed by atoms with van der Waals surface area (Å²) in [4.78, 5) is 12.7. The second-order valence-electron chi connectivity index (χ2n) is 4.28. The lowest BCUT2D eigenvalue weighted by Crippen LogP contribution is -2.38. The average Bonchev–Trinajstić information content (AvgIpc) is 2.38. The molecule has 1 aromatic rings. The van der Waals surface area contributed by atoms with Crippen LogP contribution in [0.1, 0.15) is 24.9 Å². The van der Waals surface area contributed by atoms with Crippen molar-refractivity contribution in [3.05, 3.63) is 28.8 Å². The number of hydrogen-bond donors (Lipinski definition) is 1. The molecule has 0 aromatic heterocycles. The minimum absolute atomic E-state index is 0.161. The maximum atomic E-state index is 11.4.